The Morgan fingerprint density at radius 1 is 0.727 bits per heavy atom. The molecule has 0 saturated heterocycles. The molecule has 174 valence electrons. The number of esters is 1. The van der Waals surface area contributed by atoms with Crippen LogP contribution in [0.25, 0.3) is 11.1 Å². The molecule has 0 fully saturated rings. The van der Waals surface area contributed by atoms with Crippen LogP contribution in [0.1, 0.15) is 80.8 Å². The average molecular weight is 443 g/mol. The Hall–Kier alpha value is -2.87. The van der Waals surface area contributed by atoms with E-state index in [0.717, 1.165) is 24.3 Å². The highest BCUT2D eigenvalue weighted by Crippen LogP contribution is 2.23. The average Bonchev–Trinajstić information content (AvgIpc) is 2.85. The zero-order valence-corrected chi connectivity index (χ0v) is 20.5. The SMILES string of the molecule is CCCCCc1ccc(OC(=O)c2ccc(-c3ccc(CCCC(C)CC)cc3)cc2)cc1. The van der Waals surface area contributed by atoms with Gasteiger partial charge in [-0.15, -0.1) is 0 Å². The Labute approximate surface area is 200 Å². The second kappa shape index (κ2) is 13.0. The van der Waals surface area contributed by atoms with Crippen molar-refractivity contribution in [2.24, 2.45) is 5.92 Å². The van der Waals surface area contributed by atoms with Crippen LogP contribution in [0.3, 0.4) is 0 Å². The van der Waals surface area contributed by atoms with Crippen LogP contribution < -0.4 is 4.74 Å². The zero-order chi connectivity index (χ0) is 23.5. The monoisotopic (exact) mass is 442 g/mol. The van der Waals surface area contributed by atoms with Gasteiger partial charge in [0.1, 0.15) is 5.75 Å². The summed E-state index contributed by atoms with van der Waals surface area (Å²) in [7, 11) is 0. The largest absolute Gasteiger partial charge is 0.423 e. The van der Waals surface area contributed by atoms with Crippen LogP contribution in [-0.4, -0.2) is 5.97 Å². The number of hydrogen-bond donors (Lipinski definition) is 0. The van der Waals surface area contributed by atoms with E-state index >= 15 is 0 Å². The molecule has 33 heavy (non-hydrogen) atoms. The summed E-state index contributed by atoms with van der Waals surface area (Å²) in [6, 6.07) is 24.3. The Morgan fingerprint density at radius 2 is 1.27 bits per heavy atom. The lowest BCUT2D eigenvalue weighted by Gasteiger charge is -2.09. The van der Waals surface area contributed by atoms with E-state index in [-0.39, 0.29) is 5.97 Å². The minimum absolute atomic E-state index is 0.322. The summed E-state index contributed by atoms with van der Waals surface area (Å²) in [5, 5.41) is 0. The number of ether oxygens (including phenoxy) is 1. The molecule has 1 atom stereocenters. The predicted octanol–water partition coefficient (Wildman–Crippen LogP) is 8.67. The summed E-state index contributed by atoms with van der Waals surface area (Å²) in [5.41, 5.74) is 5.51. The Bertz CT molecular complexity index is 969. The second-order valence-corrected chi connectivity index (χ2v) is 9.17. The maximum atomic E-state index is 12.6. The lowest BCUT2D eigenvalue weighted by Crippen LogP contribution is -2.08. The minimum atomic E-state index is -0.322. The summed E-state index contributed by atoms with van der Waals surface area (Å²) in [6.45, 7) is 6.80. The molecule has 1 unspecified atom stereocenters. The first kappa shape index (κ1) is 24.8. The maximum absolute atomic E-state index is 12.6. The third-order valence-corrected chi connectivity index (χ3v) is 6.47. The van der Waals surface area contributed by atoms with Gasteiger partial charge in [0.05, 0.1) is 5.56 Å². The first-order valence-electron chi connectivity index (χ1n) is 12.6. The molecule has 2 nitrogen and oxygen atoms in total. The molecule has 0 bridgehead atoms. The number of carbonyl (C=O) groups is 1. The quantitative estimate of drug-likeness (QED) is 0.159. The maximum Gasteiger partial charge on any atom is 0.343 e. The van der Waals surface area contributed by atoms with Gasteiger partial charge < -0.3 is 4.74 Å². The summed E-state index contributed by atoms with van der Waals surface area (Å²) in [5.74, 6) is 1.08. The van der Waals surface area contributed by atoms with Crippen LogP contribution in [0.15, 0.2) is 72.8 Å². The van der Waals surface area contributed by atoms with Crippen molar-refractivity contribution in [3.63, 3.8) is 0 Å². The number of hydrogen-bond acceptors (Lipinski definition) is 2. The highest BCUT2D eigenvalue weighted by atomic mass is 16.5. The van der Waals surface area contributed by atoms with Crippen LogP contribution in [0, 0.1) is 5.92 Å². The van der Waals surface area contributed by atoms with E-state index in [1.165, 1.54) is 55.2 Å². The molecule has 2 heteroatoms. The van der Waals surface area contributed by atoms with Gasteiger partial charge in [-0.2, -0.15) is 0 Å². The second-order valence-electron chi connectivity index (χ2n) is 9.17. The van der Waals surface area contributed by atoms with Crippen LogP contribution in [0.4, 0.5) is 0 Å². The molecule has 0 aromatic heterocycles. The van der Waals surface area contributed by atoms with Crippen LogP contribution in [0.5, 0.6) is 5.75 Å². The molecular weight excluding hydrogens is 404 g/mol. The number of benzene rings is 3. The van der Waals surface area contributed by atoms with Gasteiger partial charge in [-0.3, -0.25) is 0 Å². The lowest BCUT2D eigenvalue weighted by molar-refractivity contribution is 0.0734. The molecule has 0 spiro atoms. The van der Waals surface area contributed by atoms with Crippen molar-refractivity contribution >= 4 is 5.97 Å². The lowest BCUT2D eigenvalue weighted by atomic mass is 9.97. The third-order valence-electron chi connectivity index (χ3n) is 6.47. The van der Waals surface area contributed by atoms with Gasteiger partial charge in [-0.1, -0.05) is 95.0 Å². The van der Waals surface area contributed by atoms with Crippen molar-refractivity contribution in [1.82, 2.24) is 0 Å². The predicted molar refractivity (Wildman–Crippen MR) is 139 cm³/mol. The van der Waals surface area contributed by atoms with Crippen LogP contribution >= 0.6 is 0 Å². The summed E-state index contributed by atoms with van der Waals surface area (Å²) >= 11 is 0. The van der Waals surface area contributed by atoms with Crippen molar-refractivity contribution in [1.29, 1.82) is 0 Å². The van der Waals surface area contributed by atoms with Crippen molar-refractivity contribution < 1.29 is 9.53 Å². The fourth-order valence-electron chi connectivity index (χ4n) is 3.99. The number of rotatable bonds is 12. The topological polar surface area (TPSA) is 26.3 Å². The Balaban J connectivity index is 1.53. The molecule has 0 heterocycles. The van der Waals surface area contributed by atoms with Gasteiger partial charge in [0.2, 0.25) is 0 Å². The fourth-order valence-corrected chi connectivity index (χ4v) is 3.99. The molecule has 0 N–H and O–H groups in total. The van der Waals surface area contributed by atoms with E-state index in [4.69, 9.17) is 4.74 Å². The van der Waals surface area contributed by atoms with Gasteiger partial charge in [-0.05, 0) is 78.1 Å². The van der Waals surface area contributed by atoms with Gasteiger partial charge >= 0.3 is 5.97 Å². The van der Waals surface area contributed by atoms with Crippen molar-refractivity contribution in [3.05, 3.63) is 89.5 Å². The van der Waals surface area contributed by atoms with E-state index in [2.05, 4.69) is 57.2 Å². The molecular formula is C31H38O2. The number of unbranched alkanes of at least 4 members (excludes halogenated alkanes) is 2. The van der Waals surface area contributed by atoms with Crippen LogP contribution in [0.2, 0.25) is 0 Å². The van der Waals surface area contributed by atoms with E-state index < -0.39 is 0 Å². The van der Waals surface area contributed by atoms with Gasteiger partial charge in [0, 0.05) is 0 Å². The first-order valence-corrected chi connectivity index (χ1v) is 12.6. The van der Waals surface area contributed by atoms with Gasteiger partial charge in [0.25, 0.3) is 0 Å². The summed E-state index contributed by atoms with van der Waals surface area (Å²) < 4.78 is 5.57. The zero-order valence-electron chi connectivity index (χ0n) is 20.5. The summed E-state index contributed by atoms with van der Waals surface area (Å²) in [6.07, 6.45) is 9.66. The minimum Gasteiger partial charge on any atom is -0.423 e. The molecule has 3 aromatic rings. The standard InChI is InChI=1S/C31H38O2/c1-4-6-7-10-25-14-22-30(23-15-25)33-31(32)29-20-18-28(19-21-29)27-16-12-26(13-17-27)11-8-9-24(3)5-2/h12-24H,4-11H2,1-3H3. The van der Waals surface area contributed by atoms with Gasteiger partial charge in [0.15, 0.2) is 0 Å². The van der Waals surface area contributed by atoms with E-state index in [0.29, 0.717) is 11.3 Å². The van der Waals surface area contributed by atoms with Crippen molar-refractivity contribution in [3.8, 4) is 16.9 Å². The van der Waals surface area contributed by atoms with E-state index in [9.17, 15) is 4.79 Å². The molecule has 0 saturated carbocycles. The highest BCUT2D eigenvalue weighted by molar-refractivity contribution is 5.91. The van der Waals surface area contributed by atoms with Crippen molar-refractivity contribution in [2.75, 3.05) is 0 Å². The summed E-state index contributed by atoms with van der Waals surface area (Å²) in [4.78, 5) is 12.6. The normalized spacial score (nSPS) is 11.8. The molecule has 3 rings (SSSR count). The molecule has 0 radical (unpaired) electrons. The van der Waals surface area contributed by atoms with Gasteiger partial charge in [-0.25, -0.2) is 4.79 Å². The van der Waals surface area contributed by atoms with Crippen molar-refractivity contribution in [2.45, 2.75) is 72.1 Å². The molecule has 3 aromatic carbocycles. The molecule has 0 aliphatic heterocycles. The Morgan fingerprint density at radius 3 is 1.85 bits per heavy atom. The smallest absolute Gasteiger partial charge is 0.343 e. The number of carbonyl (C=O) groups excluding carboxylic acids is 1. The molecule has 0 aliphatic carbocycles. The van der Waals surface area contributed by atoms with Crippen LogP contribution in [-0.2, 0) is 12.8 Å². The third kappa shape index (κ3) is 7.89. The Kier molecular flexibility index (Phi) is 9.75. The fraction of sp³-hybridized carbons (Fsp3) is 0.387. The first-order chi connectivity index (χ1) is 16.1. The molecule has 0 aliphatic rings. The van der Waals surface area contributed by atoms with E-state index in [1.54, 1.807) is 0 Å². The highest BCUT2D eigenvalue weighted by Gasteiger charge is 2.09. The molecule has 0 amide bonds. The van der Waals surface area contributed by atoms with E-state index in [1.807, 2.05) is 36.4 Å². The number of aryl methyl sites for hydroxylation is 2.